The molecule has 3 N–H and O–H groups in total. The van der Waals surface area contributed by atoms with Gasteiger partial charge in [0.25, 0.3) is 0 Å². The molecule has 5 heteroatoms. The summed E-state index contributed by atoms with van der Waals surface area (Å²) in [6.07, 6.45) is 6.51. The zero-order valence-electron chi connectivity index (χ0n) is 12.8. The highest BCUT2D eigenvalue weighted by atomic mass is 16.3. The number of nitrogens with one attached hydrogen (secondary N) is 2. The first-order valence-electron chi connectivity index (χ1n) is 8.02. The fraction of sp³-hybridized carbons (Fsp3) is 0.933. The number of urea groups is 1. The first kappa shape index (κ1) is 15.6. The standard InChI is InChI=1S/C15H29N3O2/c1-11(10-19)16-15(20)17-12(2)13-5-4-8-18(9-13)14-6-3-7-14/h11-14,19H,3-10H2,1-2H3,(H2,16,17,20)/t11-,12+,13+/m0/s1. The van der Waals surface area contributed by atoms with Crippen molar-refractivity contribution < 1.29 is 9.90 Å². The van der Waals surface area contributed by atoms with E-state index >= 15 is 0 Å². The van der Waals surface area contributed by atoms with Crippen LogP contribution in [0.15, 0.2) is 0 Å². The van der Waals surface area contributed by atoms with Gasteiger partial charge in [-0.3, -0.25) is 0 Å². The third-order valence-electron chi connectivity index (χ3n) is 4.80. The largest absolute Gasteiger partial charge is 0.394 e. The van der Waals surface area contributed by atoms with Gasteiger partial charge < -0.3 is 20.6 Å². The summed E-state index contributed by atoms with van der Waals surface area (Å²) in [4.78, 5) is 14.4. The van der Waals surface area contributed by atoms with Crippen molar-refractivity contribution in [1.82, 2.24) is 15.5 Å². The van der Waals surface area contributed by atoms with E-state index in [1.807, 2.05) is 0 Å². The van der Waals surface area contributed by atoms with E-state index in [-0.39, 0.29) is 24.7 Å². The topological polar surface area (TPSA) is 64.6 Å². The van der Waals surface area contributed by atoms with Crippen molar-refractivity contribution in [3.63, 3.8) is 0 Å². The van der Waals surface area contributed by atoms with Gasteiger partial charge in [-0.15, -0.1) is 0 Å². The van der Waals surface area contributed by atoms with E-state index < -0.39 is 0 Å². The number of hydrogen-bond acceptors (Lipinski definition) is 3. The lowest BCUT2D eigenvalue weighted by Gasteiger charge is -2.43. The van der Waals surface area contributed by atoms with Crippen molar-refractivity contribution in [2.75, 3.05) is 19.7 Å². The SMILES string of the molecule is C[C@@H](CO)NC(=O)N[C@H](C)[C@@H]1CCCN(C2CCC2)C1. The number of carbonyl (C=O) groups excluding carboxylic acids is 1. The fourth-order valence-electron chi connectivity index (χ4n) is 3.17. The van der Waals surface area contributed by atoms with Gasteiger partial charge in [0.2, 0.25) is 0 Å². The van der Waals surface area contributed by atoms with E-state index in [1.54, 1.807) is 6.92 Å². The molecule has 2 rings (SSSR count). The van der Waals surface area contributed by atoms with Crippen molar-refractivity contribution in [2.24, 2.45) is 5.92 Å². The molecule has 0 aromatic rings. The Hall–Kier alpha value is -0.810. The number of likely N-dealkylation sites (tertiary alicyclic amines) is 1. The summed E-state index contributed by atoms with van der Waals surface area (Å²) in [6, 6.07) is 0.622. The molecule has 3 atom stereocenters. The van der Waals surface area contributed by atoms with Crippen LogP contribution in [0, 0.1) is 5.92 Å². The lowest BCUT2D eigenvalue weighted by Crippen LogP contribution is -2.53. The second kappa shape index (κ2) is 7.27. The van der Waals surface area contributed by atoms with Crippen LogP contribution >= 0.6 is 0 Å². The third kappa shape index (κ3) is 4.09. The lowest BCUT2D eigenvalue weighted by molar-refractivity contribution is 0.0677. The van der Waals surface area contributed by atoms with E-state index in [2.05, 4.69) is 22.5 Å². The number of carbonyl (C=O) groups is 1. The molecule has 0 bridgehead atoms. The molecule has 116 valence electrons. The van der Waals surface area contributed by atoms with Gasteiger partial charge in [0, 0.05) is 18.6 Å². The van der Waals surface area contributed by atoms with Crippen molar-refractivity contribution in [3.8, 4) is 0 Å². The molecule has 2 amide bonds. The Kier molecular flexibility index (Phi) is 5.66. The average molecular weight is 283 g/mol. The molecule has 2 fully saturated rings. The molecule has 1 aliphatic heterocycles. The van der Waals surface area contributed by atoms with E-state index in [0.29, 0.717) is 5.92 Å². The molecule has 0 spiro atoms. The Morgan fingerprint density at radius 2 is 2.00 bits per heavy atom. The van der Waals surface area contributed by atoms with Gasteiger partial charge >= 0.3 is 6.03 Å². The van der Waals surface area contributed by atoms with Crippen LogP contribution in [0.4, 0.5) is 4.79 Å². The summed E-state index contributed by atoms with van der Waals surface area (Å²) in [5.74, 6) is 0.541. The maximum Gasteiger partial charge on any atom is 0.315 e. The van der Waals surface area contributed by atoms with Gasteiger partial charge in [0.1, 0.15) is 0 Å². The highest BCUT2D eigenvalue weighted by Crippen LogP contribution is 2.30. The predicted octanol–water partition coefficient (Wildman–Crippen LogP) is 1.32. The highest BCUT2D eigenvalue weighted by Gasteiger charge is 2.31. The molecule has 0 aromatic carbocycles. The van der Waals surface area contributed by atoms with Crippen LogP contribution in [0.1, 0.15) is 46.0 Å². The quantitative estimate of drug-likeness (QED) is 0.713. The summed E-state index contributed by atoms with van der Waals surface area (Å²) in [6.45, 7) is 6.20. The molecule has 5 nitrogen and oxygen atoms in total. The van der Waals surface area contributed by atoms with Crippen LogP contribution in [0.5, 0.6) is 0 Å². The van der Waals surface area contributed by atoms with Crippen molar-refractivity contribution in [1.29, 1.82) is 0 Å². The molecule has 1 saturated heterocycles. The van der Waals surface area contributed by atoms with Crippen LogP contribution < -0.4 is 10.6 Å². The minimum absolute atomic E-state index is 0.0271. The van der Waals surface area contributed by atoms with Gasteiger partial charge in [-0.1, -0.05) is 6.42 Å². The van der Waals surface area contributed by atoms with Gasteiger partial charge in [-0.25, -0.2) is 4.79 Å². The highest BCUT2D eigenvalue weighted by molar-refractivity contribution is 5.74. The maximum absolute atomic E-state index is 11.8. The Morgan fingerprint density at radius 1 is 1.25 bits per heavy atom. The van der Waals surface area contributed by atoms with Gasteiger partial charge in [-0.05, 0) is 52.0 Å². The molecular formula is C15H29N3O2. The van der Waals surface area contributed by atoms with Gasteiger partial charge in [0.05, 0.1) is 12.6 Å². The van der Waals surface area contributed by atoms with E-state index in [1.165, 1.54) is 38.6 Å². The van der Waals surface area contributed by atoms with Crippen LogP contribution in [-0.4, -0.2) is 53.9 Å². The zero-order chi connectivity index (χ0) is 14.5. The smallest absolute Gasteiger partial charge is 0.315 e. The average Bonchev–Trinajstić information content (AvgIpc) is 2.36. The molecule has 2 aliphatic rings. The number of piperidine rings is 1. The number of rotatable bonds is 5. The maximum atomic E-state index is 11.8. The minimum Gasteiger partial charge on any atom is -0.394 e. The Labute approximate surface area is 122 Å². The van der Waals surface area contributed by atoms with E-state index in [0.717, 1.165) is 12.6 Å². The third-order valence-corrected chi connectivity index (χ3v) is 4.80. The first-order chi connectivity index (χ1) is 9.60. The molecule has 1 heterocycles. The van der Waals surface area contributed by atoms with Crippen LogP contribution in [0.25, 0.3) is 0 Å². The zero-order valence-corrected chi connectivity index (χ0v) is 12.8. The second-order valence-electron chi connectivity index (χ2n) is 6.47. The molecule has 1 saturated carbocycles. The van der Waals surface area contributed by atoms with E-state index in [9.17, 15) is 4.79 Å². The van der Waals surface area contributed by atoms with Crippen molar-refractivity contribution in [2.45, 2.75) is 64.1 Å². The Morgan fingerprint density at radius 3 is 2.60 bits per heavy atom. The predicted molar refractivity (Wildman–Crippen MR) is 79.6 cm³/mol. The molecular weight excluding hydrogens is 254 g/mol. The van der Waals surface area contributed by atoms with Crippen LogP contribution in [0.3, 0.4) is 0 Å². The summed E-state index contributed by atoms with van der Waals surface area (Å²) in [5, 5.41) is 14.7. The molecule has 0 unspecified atom stereocenters. The molecule has 0 radical (unpaired) electrons. The first-order valence-corrected chi connectivity index (χ1v) is 8.02. The molecule has 20 heavy (non-hydrogen) atoms. The number of aliphatic hydroxyl groups is 1. The normalized spacial score (nSPS) is 27.4. The molecule has 0 aromatic heterocycles. The van der Waals surface area contributed by atoms with Crippen LogP contribution in [0.2, 0.25) is 0 Å². The summed E-state index contributed by atoms with van der Waals surface area (Å²) >= 11 is 0. The van der Waals surface area contributed by atoms with Crippen molar-refractivity contribution in [3.05, 3.63) is 0 Å². The lowest BCUT2D eigenvalue weighted by atomic mass is 9.86. The van der Waals surface area contributed by atoms with E-state index in [4.69, 9.17) is 5.11 Å². The summed E-state index contributed by atoms with van der Waals surface area (Å²) in [7, 11) is 0. The molecule has 1 aliphatic carbocycles. The number of aliphatic hydroxyl groups excluding tert-OH is 1. The van der Waals surface area contributed by atoms with Gasteiger partial charge in [-0.2, -0.15) is 0 Å². The van der Waals surface area contributed by atoms with Crippen molar-refractivity contribution >= 4 is 6.03 Å². The Bertz CT molecular complexity index is 320. The summed E-state index contributed by atoms with van der Waals surface area (Å²) in [5.41, 5.74) is 0. The number of hydrogen-bond donors (Lipinski definition) is 3. The second-order valence-corrected chi connectivity index (χ2v) is 6.47. The minimum atomic E-state index is -0.194. The summed E-state index contributed by atoms with van der Waals surface area (Å²) < 4.78 is 0. The Balaban J connectivity index is 1.76. The van der Waals surface area contributed by atoms with Gasteiger partial charge in [0.15, 0.2) is 0 Å². The number of nitrogens with zero attached hydrogens (tertiary/aromatic N) is 1. The number of amides is 2. The monoisotopic (exact) mass is 283 g/mol. The van der Waals surface area contributed by atoms with Crippen LogP contribution in [-0.2, 0) is 0 Å². The fourth-order valence-corrected chi connectivity index (χ4v) is 3.17.